The molecule has 0 unspecified atom stereocenters. The second-order valence-electron chi connectivity index (χ2n) is 7.21. The average Bonchev–Trinajstić information content (AvgIpc) is 3.19. The van der Waals surface area contributed by atoms with Gasteiger partial charge in [-0.1, -0.05) is 18.2 Å². The number of pyridine rings is 1. The maximum Gasteiger partial charge on any atom is 0.255 e. The van der Waals surface area contributed by atoms with E-state index < -0.39 is 0 Å². The Morgan fingerprint density at radius 2 is 2.07 bits per heavy atom. The highest BCUT2D eigenvalue weighted by Gasteiger charge is 2.28. The van der Waals surface area contributed by atoms with Crippen LogP contribution in [0, 0.1) is 12.7 Å². The fraction of sp³-hybridized carbons (Fsp3) is 0.318. The van der Waals surface area contributed by atoms with E-state index in [9.17, 15) is 9.18 Å². The van der Waals surface area contributed by atoms with E-state index in [0.717, 1.165) is 18.5 Å². The lowest BCUT2D eigenvalue weighted by Crippen LogP contribution is -2.39. The number of piperidine rings is 1. The Hall–Kier alpha value is -3.02. The number of oxazole rings is 1. The molecule has 0 aliphatic carbocycles. The number of rotatable bonds is 4. The third-order valence-corrected chi connectivity index (χ3v) is 5.11. The summed E-state index contributed by atoms with van der Waals surface area (Å²) in [5.74, 6) is 1.03. The summed E-state index contributed by atoms with van der Waals surface area (Å²) in [4.78, 5) is 23.2. The highest BCUT2D eigenvalue weighted by atomic mass is 19.1. The van der Waals surface area contributed by atoms with Crippen molar-refractivity contribution in [3.8, 4) is 0 Å². The summed E-state index contributed by atoms with van der Waals surface area (Å²) in [6.07, 6.45) is 5.45. The maximum absolute atomic E-state index is 13.9. The van der Waals surface area contributed by atoms with Gasteiger partial charge in [0, 0.05) is 31.4 Å². The summed E-state index contributed by atoms with van der Waals surface area (Å²) in [7, 11) is 0. The van der Waals surface area contributed by atoms with Gasteiger partial charge in [0.15, 0.2) is 5.89 Å². The van der Waals surface area contributed by atoms with Crippen molar-refractivity contribution in [2.24, 2.45) is 0 Å². The number of carbonyl (C=O) groups excluding carboxylic acids is 1. The molecule has 0 spiro atoms. The summed E-state index contributed by atoms with van der Waals surface area (Å²) < 4.78 is 19.8. The number of carbonyl (C=O) groups is 1. The molecule has 1 aliphatic rings. The molecule has 6 heteroatoms. The van der Waals surface area contributed by atoms with Crippen molar-refractivity contribution < 1.29 is 13.6 Å². The van der Waals surface area contributed by atoms with Crippen molar-refractivity contribution in [3.63, 3.8) is 0 Å². The molecule has 0 N–H and O–H groups in total. The van der Waals surface area contributed by atoms with Gasteiger partial charge in [0.05, 0.1) is 17.7 Å². The molecule has 144 valence electrons. The standard InChI is InChI=1S/C22H22FN3O2/c1-15-8-9-17(12-24-15)22(27)26-10-4-6-18(14-26)21-25-13-19(28-21)11-16-5-2-3-7-20(16)23/h2-3,5,7-9,12-13,18H,4,6,10-11,14H2,1H3/t18-/m1/s1. The van der Waals surface area contributed by atoms with Crippen LogP contribution in [-0.4, -0.2) is 33.9 Å². The van der Waals surface area contributed by atoms with E-state index in [4.69, 9.17) is 4.42 Å². The van der Waals surface area contributed by atoms with Crippen LogP contribution in [0.5, 0.6) is 0 Å². The van der Waals surface area contributed by atoms with Crippen LogP contribution >= 0.6 is 0 Å². The Kier molecular flexibility index (Phi) is 5.19. The van der Waals surface area contributed by atoms with Crippen LogP contribution in [0.25, 0.3) is 0 Å². The van der Waals surface area contributed by atoms with Gasteiger partial charge in [-0.25, -0.2) is 9.37 Å². The molecular weight excluding hydrogens is 357 g/mol. The van der Waals surface area contributed by atoms with Crippen LogP contribution in [-0.2, 0) is 6.42 Å². The summed E-state index contributed by atoms with van der Waals surface area (Å²) >= 11 is 0. The Bertz CT molecular complexity index is 968. The molecule has 28 heavy (non-hydrogen) atoms. The molecule has 1 amide bonds. The molecule has 2 aromatic heterocycles. The van der Waals surface area contributed by atoms with Gasteiger partial charge in [-0.15, -0.1) is 0 Å². The number of halogens is 1. The SMILES string of the molecule is Cc1ccc(C(=O)N2CCC[C@@H](c3ncc(Cc4ccccc4F)o3)C2)cn1. The zero-order valence-corrected chi connectivity index (χ0v) is 15.8. The molecule has 0 bridgehead atoms. The number of aryl methyl sites for hydroxylation is 1. The third-order valence-electron chi connectivity index (χ3n) is 5.11. The summed E-state index contributed by atoms with van der Waals surface area (Å²) in [6.45, 7) is 3.17. The Balaban J connectivity index is 1.45. The van der Waals surface area contributed by atoms with Crippen LogP contribution in [0.3, 0.4) is 0 Å². The van der Waals surface area contributed by atoms with Gasteiger partial charge < -0.3 is 9.32 Å². The third kappa shape index (κ3) is 3.96. The normalized spacial score (nSPS) is 16.9. The fourth-order valence-corrected chi connectivity index (χ4v) is 3.56. The van der Waals surface area contributed by atoms with Gasteiger partial charge in [-0.05, 0) is 43.5 Å². The summed E-state index contributed by atoms with van der Waals surface area (Å²) in [5.41, 5.74) is 2.06. The number of hydrogen-bond acceptors (Lipinski definition) is 4. The lowest BCUT2D eigenvalue weighted by Gasteiger charge is -2.31. The second-order valence-corrected chi connectivity index (χ2v) is 7.21. The highest BCUT2D eigenvalue weighted by Crippen LogP contribution is 2.28. The van der Waals surface area contributed by atoms with E-state index in [1.165, 1.54) is 6.07 Å². The van der Waals surface area contributed by atoms with Gasteiger partial charge in [0.1, 0.15) is 11.6 Å². The van der Waals surface area contributed by atoms with Crippen molar-refractivity contribution in [1.82, 2.24) is 14.9 Å². The van der Waals surface area contributed by atoms with Gasteiger partial charge >= 0.3 is 0 Å². The predicted molar refractivity (Wildman–Crippen MR) is 103 cm³/mol. The van der Waals surface area contributed by atoms with Gasteiger partial charge in [0.25, 0.3) is 5.91 Å². The largest absolute Gasteiger partial charge is 0.445 e. The van der Waals surface area contributed by atoms with Crippen LogP contribution in [0.1, 0.15) is 52.0 Å². The van der Waals surface area contributed by atoms with Crippen molar-refractivity contribution in [3.05, 3.63) is 83.1 Å². The molecule has 1 atom stereocenters. The van der Waals surface area contributed by atoms with Gasteiger partial charge in [-0.2, -0.15) is 0 Å². The summed E-state index contributed by atoms with van der Waals surface area (Å²) in [6, 6.07) is 10.3. The Labute approximate surface area is 163 Å². The molecule has 0 radical (unpaired) electrons. The van der Waals surface area contributed by atoms with Crippen molar-refractivity contribution in [2.45, 2.75) is 32.1 Å². The van der Waals surface area contributed by atoms with Gasteiger partial charge in [0.2, 0.25) is 0 Å². The maximum atomic E-state index is 13.9. The first kappa shape index (κ1) is 18.3. The molecule has 0 saturated carbocycles. The molecule has 1 aromatic carbocycles. The Morgan fingerprint density at radius 1 is 1.21 bits per heavy atom. The number of benzene rings is 1. The zero-order valence-electron chi connectivity index (χ0n) is 15.8. The van der Waals surface area contributed by atoms with Crippen molar-refractivity contribution in [2.75, 3.05) is 13.1 Å². The lowest BCUT2D eigenvalue weighted by molar-refractivity contribution is 0.0697. The first-order valence-electron chi connectivity index (χ1n) is 9.50. The van der Waals surface area contributed by atoms with Crippen LogP contribution in [0.2, 0.25) is 0 Å². The molecular formula is C22H22FN3O2. The molecule has 3 heterocycles. The van der Waals surface area contributed by atoms with E-state index in [0.29, 0.717) is 42.3 Å². The quantitative estimate of drug-likeness (QED) is 0.684. The minimum atomic E-state index is -0.249. The molecule has 1 fully saturated rings. The van der Waals surface area contributed by atoms with Crippen molar-refractivity contribution >= 4 is 5.91 Å². The van der Waals surface area contributed by atoms with Crippen LogP contribution in [0.4, 0.5) is 4.39 Å². The zero-order chi connectivity index (χ0) is 19.5. The highest BCUT2D eigenvalue weighted by molar-refractivity contribution is 5.94. The van der Waals surface area contributed by atoms with E-state index >= 15 is 0 Å². The topological polar surface area (TPSA) is 59.2 Å². The molecule has 1 aliphatic heterocycles. The minimum Gasteiger partial charge on any atom is -0.445 e. The number of nitrogens with zero attached hydrogens (tertiary/aromatic N) is 3. The number of hydrogen-bond donors (Lipinski definition) is 0. The lowest BCUT2D eigenvalue weighted by atomic mass is 9.97. The number of amides is 1. The fourth-order valence-electron chi connectivity index (χ4n) is 3.56. The summed E-state index contributed by atoms with van der Waals surface area (Å²) in [5, 5.41) is 0. The second kappa shape index (κ2) is 7.92. The smallest absolute Gasteiger partial charge is 0.255 e. The number of likely N-dealkylation sites (tertiary alicyclic amines) is 1. The van der Waals surface area contributed by atoms with E-state index in [2.05, 4.69) is 9.97 Å². The molecule has 1 saturated heterocycles. The van der Waals surface area contributed by atoms with Gasteiger partial charge in [-0.3, -0.25) is 9.78 Å². The van der Waals surface area contributed by atoms with Crippen LogP contribution < -0.4 is 0 Å². The van der Waals surface area contributed by atoms with Crippen LogP contribution in [0.15, 0.2) is 53.2 Å². The van der Waals surface area contributed by atoms with E-state index in [1.807, 2.05) is 24.0 Å². The number of aromatic nitrogens is 2. The first-order chi connectivity index (χ1) is 13.6. The first-order valence-corrected chi connectivity index (χ1v) is 9.50. The molecule has 4 rings (SSSR count). The van der Waals surface area contributed by atoms with E-state index in [-0.39, 0.29) is 17.6 Å². The van der Waals surface area contributed by atoms with Crippen molar-refractivity contribution in [1.29, 1.82) is 0 Å². The molecule has 5 nitrogen and oxygen atoms in total. The minimum absolute atomic E-state index is 0.0182. The van der Waals surface area contributed by atoms with E-state index in [1.54, 1.807) is 30.6 Å². The molecule has 3 aromatic rings. The average molecular weight is 379 g/mol. The Morgan fingerprint density at radius 3 is 2.86 bits per heavy atom. The monoisotopic (exact) mass is 379 g/mol. The predicted octanol–water partition coefficient (Wildman–Crippen LogP) is 4.13.